The van der Waals surface area contributed by atoms with Crippen LogP contribution in [0.1, 0.15) is 37.3 Å². The van der Waals surface area contributed by atoms with Crippen molar-refractivity contribution in [2.45, 2.75) is 36.8 Å². The van der Waals surface area contributed by atoms with Crippen LogP contribution < -0.4 is 0 Å². The van der Waals surface area contributed by atoms with Crippen molar-refractivity contribution in [2.75, 3.05) is 31.9 Å². The van der Waals surface area contributed by atoms with Crippen molar-refractivity contribution >= 4 is 34.9 Å². The number of hydrogen-bond donors (Lipinski definition) is 0. The summed E-state index contributed by atoms with van der Waals surface area (Å²) in [5.74, 6) is 0.453. The van der Waals surface area contributed by atoms with Gasteiger partial charge in [0.2, 0.25) is 5.91 Å². The van der Waals surface area contributed by atoms with Gasteiger partial charge >= 0.3 is 0 Å². The fourth-order valence-corrected chi connectivity index (χ4v) is 5.50. The average Bonchev–Trinajstić information content (AvgIpc) is 2.87. The van der Waals surface area contributed by atoms with Gasteiger partial charge in [-0.05, 0) is 32.0 Å². The van der Waals surface area contributed by atoms with Crippen molar-refractivity contribution in [3.05, 3.63) is 29.8 Å². The highest BCUT2D eigenvalue weighted by Gasteiger charge is 2.34. The third-order valence-electron chi connectivity index (χ3n) is 5.86. The molecule has 3 heterocycles. The minimum absolute atomic E-state index is 0.0622. The summed E-state index contributed by atoms with van der Waals surface area (Å²) < 4.78 is 2.12. The van der Waals surface area contributed by atoms with Gasteiger partial charge in [-0.2, -0.15) is 0 Å². The van der Waals surface area contributed by atoms with Crippen LogP contribution in [0.15, 0.2) is 29.3 Å². The molecule has 1 unspecified atom stereocenters. The van der Waals surface area contributed by atoms with Gasteiger partial charge in [-0.15, -0.1) is 0 Å². The first-order chi connectivity index (χ1) is 13.2. The lowest BCUT2D eigenvalue weighted by atomic mass is 10.1. The van der Waals surface area contributed by atoms with Crippen LogP contribution in [0.3, 0.4) is 0 Å². The van der Waals surface area contributed by atoms with E-state index in [1.807, 2.05) is 24.1 Å². The number of likely N-dealkylation sites (tertiary alicyclic amines) is 1. The van der Waals surface area contributed by atoms with Gasteiger partial charge in [0.15, 0.2) is 0 Å². The van der Waals surface area contributed by atoms with E-state index in [0.717, 1.165) is 47.4 Å². The molecule has 144 valence electrons. The minimum atomic E-state index is -0.499. The fourth-order valence-electron chi connectivity index (χ4n) is 4.40. The summed E-state index contributed by atoms with van der Waals surface area (Å²) in [6, 6.07) is 7.66. The minimum Gasteiger partial charge on any atom is -0.339 e. The van der Waals surface area contributed by atoms with Crippen LogP contribution >= 0.6 is 11.8 Å². The van der Waals surface area contributed by atoms with E-state index in [1.165, 1.54) is 25.7 Å². The highest BCUT2D eigenvalue weighted by molar-refractivity contribution is 8.00. The van der Waals surface area contributed by atoms with Crippen LogP contribution in [0.2, 0.25) is 0 Å². The van der Waals surface area contributed by atoms with Crippen molar-refractivity contribution in [1.29, 1.82) is 0 Å². The number of aldehydes is 1. The number of para-hydroxylation sites is 1. The summed E-state index contributed by atoms with van der Waals surface area (Å²) in [5.41, 5.74) is 2.11. The second-order valence-corrected chi connectivity index (χ2v) is 8.47. The molecule has 2 aromatic rings. The molecular weight excluding hydrogens is 358 g/mol. The number of carbonyl (C=O) groups excluding carboxylic acids is 2. The van der Waals surface area contributed by atoms with Crippen molar-refractivity contribution in [2.24, 2.45) is 7.05 Å². The van der Waals surface area contributed by atoms with E-state index in [1.54, 1.807) is 11.8 Å². The standard InChI is InChI=1S/C21H27N3O2S/c1-22-17-9-5-4-8-16(17)20-18(14-25)24(19(26)15-27-21(20)22)13-12-23-10-6-2-3-7-11-23/h4-5,8-9,14,18H,2-3,6-7,10-13,15H2,1H3. The van der Waals surface area contributed by atoms with E-state index in [-0.39, 0.29) is 5.91 Å². The lowest BCUT2D eigenvalue weighted by Crippen LogP contribution is -2.41. The number of thioether (sulfide) groups is 1. The lowest BCUT2D eigenvalue weighted by Gasteiger charge is -2.29. The Balaban J connectivity index is 1.65. The van der Waals surface area contributed by atoms with Gasteiger partial charge in [0.05, 0.1) is 10.8 Å². The van der Waals surface area contributed by atoms with Crippen LogP contribution in [-0.2, 0) is 16.6 Å². The molecule has 0 N–H and O–H groups in total. The molecule has 1 atom stereocenters. The first-order valence-corrected chi connectivity index (χ1v) is 10.9. The molecule has 2 aliphatic rings. The molecule has 1 saturated heterocycles. The number of amides is 1. The molecule has 0 spiro atoms. The number of aromatic nitrogens is 1. The van der Waals surface area contributed by atoms with Crippen LogP contribution in [0, 0.1) is 0 Å². The van der Waals surface area contributed by atoms with Gasteiger partial charge in [0.25, 0.3) is 0 Å². The normalized spacial score (nSPS) is 21.7. The van der Waals surface area contributed by atoms with Gasteiger partial charge in [0, 0.05) is 36.6 Å². The number of nitrogens with zero attached hydrogens (tertiary/aromatic N) is 3. The second-order valence-electron chi connectivity index (χ2n) is 7.51. The topological polar surface area (TPSA) is 45.6 Å². The quantitative estimate of drug-likeness (QED) is 0.758. The third kappa shape index (κ3) is 3.52. The Morgan fingerprint density at radius 2 is 1.85 bits per heavy atom. The Morgan fingerprint density at radius 1 is 1.11 bits per heavy atom. The van der Waals surface area contributed by atoms with Crippen molar-refractivity contribution in [1.82, 2.24) is 14.4 Å². The maximum atomic E-state index is 12.9. The highest BCUT2D eigenvalue weighted by Crippen LogP contribution is 2.40. The average molecular weight is 386 g/mol. The van der Waals surface area contributed by atoms with E-state index in [2.05, 4.69) is 21.6 Å². The van der Waals surface area contributed by atoms with Gasteiger partial charge in [-0.1, -0.05) is 42.8 Å². The molecule has 1 amide bonds. The Morgan fingerprint density at radius 3 is 2.59 bits per heavy atom. The zero-order chi connectivity index (χ0) is 18.8. The summed E-state index contributed by atoms with van der Waals surface area (Å²) in [4.78, 5) is 29.3. The van der Waals surface area contributed by atoms with Crippen molar-refractivity contribution in [3.63, 3.8) is 0 Å². The Hall–Kier alpha value is -1.79. The summed E-state index contributed by atoms with van der Waals surface area (Å²) in [7, 11) is 2.02. The monoisotopic (exact) mass is 385 g/mol. The Bertz CT molecular complexity index is 839. The molecule has 1 fully saturated rings. The molecule has 0 saturated carbocycles. The molecule has 0 aliphatic carbocycles. The van der Waals surface area contributed by atoms with Crippen molar-refractivity contribution in [3.8, 4) is 0 Å². The van der Waals surface area contributed by atoms with Gasteiger partial charge < -0.3 is 19.2 Å². The molecule has 0 radical (unpaired) electrons. The molecule has 0 bridgehead atoms. The molecule has 2 aliphatic heterocycles. The highest BCUT2D eigenvalue weighted by atomic mass is 32.2. The van der Waals surface area contributed by atoms with Gasteiger partial charge in [-0.25, -0.2) is 0 Å². The van der Waals surface area contributed by atoms with Crippen LogP contribution in [0.5, 0.6) is 0 Å². The summed E-state index contributed by atoms with van der Waals surface area (Å²) >= 11 is 1.56. The number of aryl methyl sites for hydroxylation is 1. The number of benzene rings is 1. The molecule has 5 nitrogen and oxygen atoms in total. The Labute approximate surface area is 164 Å². The number of hydrogen-bond acceptors (Lipinski definition) is 4. The maximum absolute atomic E-state index is 12.9. The zero-order valence-corrected chi connectivity index (χ0v) is 16.7. The van der Waals surface area contributed by atoms with Crippen LogP contribution in [-0.4, -0.2) is 58.5 Å². The fraction of sp³-hybridized carbons (Fsp3) is 0.524. The van der Waals surface area contributed by atoms with Gasteiger partial charge in [0.1, 0.15) is 12.3 Å². The summed E-state index contributed by atoms with van der Waals surface area (Å²) in [6.07, 6.45) is 6.01. The third-order valence-corrected chi connectivity index (χ3v) is 7.02. The zero-order valence-electron chi connectivity index (χ0n) is 15.9. The number of rotatable bonds is 4. The first-order valence-electron chi connectivity index (χ1n) is 9.88. The second kappa shape index (κ2) is 8.07. The molecule has 1 aromatic heterocycles. The molecule has 4 rings (SSSR count). The summed E-state index contributed by atoms with van der Waals surface area (Å²) in [5, 5.41) is 2.12. The van der Waals surface area contributed by atoms with Crippen molar-refractivity contribution < 1.29 is 9.59 Å². The molecule has 1 aromatic carbocycles. The smallest absolute Gasteiger partial charge is 0.233 e. The maximum Gasteiger partial charge on any atom is 0.233 e. The van der Waals surface area contributed by atoms with E-state index < -0.39 is 6.04 Å². The van der Waals surface area contributed by atoms with Gasteiger partial charge in [-0.3, -0.25) is 4.79 Å². The van der Waals surface area contributed by atoms with Crippen LogP contribution in [0.25, 0.3) is 10.9 Å². The molecular formula is C21H27N3O2S. The van der Waals surface area contributed by atoms with E-state index in [0.29, 0.717) is 12.3 Å². The first kappa shape index (κ1) is 18.6. The Kier molecular flexibility index (Phi) is 5.55. The van der Waals surface area contributed by atoms with E-state index >= 15 is 0 Å². The molecule has 27 heavy (non-hydrogen) atoms. The molecule has 6 heteroatoms. The van der Waals surface area contributed by atoms with E-state index in [9.17, 15) is 9.59 Å². The van der Waals surface area contributed by atoms with Crippen LogP contribution in [0.4, 0.5) is 0 Å². The lowest BCUT2D eigenvalue weighted by molar-refractivity contribution is -0.134. The summed E-state index contributed by atoms with van der Waals surface area (Å²) in [6.45, 7) is 3.66. The number of carbonyl (C=O) groups is 2. The number of fused-ring (bicyclic) bond motifs is 3. The predicted octanol–water partition coefficient (Wildman–Crippen LogP) is 3.23. The largest absolute Gasteiger partial charge is 0.339 e. The SMILES string of the molecule is Cn1c2c(c3ccccc31)C(C=O)N(CCN1CCCCCC1)C(=O)CS2. The predicted molar refractivity (Wildman–Crippen MR) is 109 cm³/mol. The van der Waals surface area contributed by atoms with E-state index in [4.69, 9.17) is 0 Å².